The van der Waals surface area contributed by atoms with Gasteiger partial charge in [-0.3, -0.25) is 9.59 Å². The lowest BCUT2D eigenvalue weighted by atomic mass is 10.1. The fourth-order valence-corrected chi connectivity index (χ4v) is 2.97. The van der Waals surface area contributed by atoms with E-state index in [0.717, 1.165) is 16.7 Å². The SMILES string of the molecule is CNC(=O)C(C)N(Cc1ccccc1F)C(=O)COc1cc(C)cc(C)c1C. The lowest BCUT2D eigenvalue weighted by Crippen LogP contribution is -2.48. The van der Waals surface area contributed by atoms with Crippen molar-refractivity contribution in [1.82, 2.24) is 10.2 Å². The Hall–Kier alpha value is -2.89. The number of ether oxygens (including phenoxy) is 1. The first-order valence-corrected chi connectivity index (χ1v) is 9.19. The van der Waals surface area contributed by atoms with Crippen molar-refractivity contribution in [1.29, 1.82) is 0 Å². The number of carbonyl (C=O) groups is 2. The molecule has 28 heavy (non-hydrogen) atoms. The molecule has 1 atom stereocenters. The zero-order valence-corrected chi connectivity index (χ0v) is 17.0. The van der Waals surface area contributed by atoms with Crippen LogP contribution in [0.3, 0.4) is 0 Å². The second-order valence-electron chi connectivity index (χ2n) is 6.90. The summed E-state index contributed by atoms with van der Waals surface area (Å²) in [7, 11) is 1.50. The van der Waals surface area contributed by atoms with Gasteiger partial charge in [0.05, 0.1) is 0 Å². The van der Waals surface area contributed by atoms with Crippen molar-refractivity contribution in [2.45, 2.75) is 40.3 Å². The zero-order chi connectivity index (χ0) is 20.8. The summed E-state index contributed by atoms with van der Waals surface area (Å²) in [6.45, 7) is 7.22. The van der Waals surface area contributed by atoms with Crippen LogP contribution in [0.5, 0.6) is 5.75 Å². The summed E-state index contributed by atoms with van der Waals surface area (Å²) in [5.41, 5.74) is 3.41. The van der Waals surface area contributed by atoms with Crippen LogP contribution in [0.15, 0.2) is 36.4 Å². The molecule has 150 valence electrons. The topological polar surface area (TPSA) is 58.6 Å². The molecule has 0 bridgehead atoms. The van der Waals surface area contributed by atoms with Crippen molar-refractivity contribution in [2.75, 3.05) is 13.7 Å². The van der Waals surface area contributed by atoms with Gasteiger partial charge >= 0.3 is 0 Å². The highest BCUT2D eigenvalue weighted by Gasteiger charge is 2.26. The number of benzene rings is 2. The average molecular weight is 386 g/mol. The number of hydrogen-bond acceptors (Lipinski definition) is 3. The first kappa shape index (κ1) is 21.4. The Morgan fingerprint density at radius 1 is 1.18 bits per heavy atom. The lowest BCUT2D eigenvalue weighted by Gasteiger charge is -2.28. The fraction of sp³-hybridized carbons (Fsp3) is 0.364. The van der Waals surface area contributed by atoms with E-state index in [1.165, 1.54) is 18.0 Å². The molecule has 0 radical (unpaired) electrons. The number of carbonyl (C=O) groups excluding carboxylic acids is 2. The summed E-state index contributed by atoms with van der Waals surface area (Å²) in [5.74, 6) is -0.509. The molecule has 0 fully saturated rings. The van der Waals surface area contributed by atoms with Gasteiger partial charge in [-0.2, -0.15) is 0 Å². The number of halogens is 1. The molecule has 0 aliphatic rings. The predicted molar refractivity (Wildman–Crippen MR) is 107 cm³/mol. The molecule has 6 heteroatoms. The molecular formula is C22H27FN2O3. The van der Waals surface area contributed by atoms with Crippen molar-refractivity contribution in [2.24, 2.45) is 0 Å². The second-order valence-corrected chi connectivity index (χ2v) is 6.90. The standard InChI is InChI=1S/C22H27FN2O3/c1-14-10-15(2)16(3)20(11-14)28-13-21(26)25(17(4)22(27)24-5)12-18-8-6-7-9-19(18)23/h6-11,17H,12-13H2,1-5H3,(H,24,27). The minimum atomic E-state index is -0.763. The zero-order valence-electron chi connectivity index (χ0n) is 17.0. The number of rotatable bonds is 7. The van der Waals surface area contributed by atoms with Crippen molar-refractivity contribution in [3.05, 3.63) is 64.5 Å². The highest BCUT2D eigenvalue weighted by atomic mass is 19.1. The number of likely N-dealkylation sites (N-methyl/N-ethyl adjacent to an activating group) is 1. The third-order valence-electron chi connectivity index (χ3n) is 4.83. The molecule has 0 aliphatic carbocycles. The summed E-state index contributed by atoms with van der Waals surface area (Å²) in [4.78, 5) is 26.3. The van der Waals surface area contributed by atoms with Crippen LogP contribution in [0.2, 0.25) is 0 Å². The minimum Gasteiger partial charge on any atom is -0.483 e. The van der Waals surface area contributed by atoms with E-state index >= 15 is 0 Å². The molecule has 0 aliphatic heterocycles. The summed E-state index contributed by atoms with van der Waals surface area (Å²) < 4.78 is 19.8. The van der Waals surface area contributed by atoms with Gasteiger partial charge in [-0.15, -0.1) is 0 Å². The van der Waals surface area contributed by atoms with Crippen molar-refractivity contribution < 1.29 is 18.7 Å². The Morgan fingerprint density at radius 2 is 1.86 bits per heavy atom. The Balaban J connectivity index is 2.21. The van der Waals surface area contributed by atoms with Gasteiger partial charge in [0.2, 0.25) is 5.91 Å². The Kier molecular flexibility index (Phi) is 7.15. The predicted octanol–water partition coefficient (Wildman–Crippen LogP) is 3.29. The maximum atomic E-state index is 14.1. The molecule has 2 rings (SSSR count). The maximum absolute atomic E-state index is 14.1. The van der Waals surface area contributed by atoms with Gasteiger partial charge in [0, 0.05) is 19.2 Å². The van der Waals surface area contributed by atoms with Gasteiger partial charge < -0.3 is 15.0 Å². The Labute approximate surface area is 165 Å². The molecule has 0 aromatic heterocycles. The number of hydrogen-bond donors (Lipinski definition) is 1. The van der Waals surface area contributed by atoms with Crippen molar-refractivity contribution in [3.63, 3.8) is 0 Å². The van der Waals surface area contributed by atoms with E-state index in [1.54, 1.807) is 25.1 Å². The highest BCUT2D eigenvalue weighted by Crippen LogP contribution is 2.23. The summed E-state index contributed by atoms with van der Waals surface area (Å²) >= 11 is 0. The summed E-state index contributed by atoms with van der Waals surface area (Å²) in [6, 6.07) is 9.36. The van der Waals surface area contributed by atoms with Crippen LogP contribution in [-0.4, -0.2) is 36.4 Å². The second kappa shape index (κ2) is 9.35. The van der Waals surface area contributed by atoms with E-state index in [2.05, 4.69) is 5.32 Å². The van der Waals surface area contributed by atoms with E-state index in [1.807, 2.05) is 32.9 Å². The molecule has 0 saturated carbocycles. The molecule has 1 N–H and O–H groups in total. The van der Waals surface area contributed by atoms with Crippen LogP contribution >= 0.6 is 0 Å². The van der Waals surface area contributed by atoms with Gasteiger partial charge in [-0.1, -0.05) is 24.3 Å². The lowest BCUT2D eigenvalue weighted by molar-refractivity contribution is -0.142. The smallest absolute Gasteiger partial charge is 0.261 e. The number of aryl methyl sites for hydroxylation is 2. The van der Waals surface area contributed by atoms with Gasteiger partial charge in [0.15, 0.2) is 6.61 Å². The number of nitrogens with zero attached hydrogens (tertiary/aromatic N) is 1. The maximum Gasteiger partial charge on any atom is 0.261 e. The normalized spacial score (nSPS) is 11.6. The number of amides is 2. The molecule has 0 spiro atoms. The monoisotopic (exact) mass is 386 g/mol. The van der Waals surface area contributed by atoms with Crippen LogP contribution in [0.25, 0.3) is 0 Å². The van der Waals surface area contributed by atoms with E-state index in [9.17, 15) is 14.0 Å². The Morgan fingerprint density at radius 3 is 2.50 bits per heavy atom. The average Bonchev–Trinajstić information content (AvgIpc) is 2.67. The molecule has 2 aromatic carbocycles. The van der Waals surface area contributed by atoms with Gasteiger partial charge in [-0.25, -0.2) is 4.39 Å². The fourth-order valence-electron chi connectivity index (χ4n) is 2.97. The quantitative estimate of drug-likeness (QED) is 0.794. The van der Waals surface area contributed by atoms with Crippen LogP contribution in [0.4, 0.5) is 4.39 Å². The van der Waals surface area contributed by atoms with Gasteiger partial charge in [0.25, 0.3) is 5.91 Å². The van der Waals surface area contributed by atoms with Gasteiger partial charge in [-0.05, 0) is 56.5 Å². The summed E-state index contributed by atoms with van der Waals surface area (Å²) in [5, 5.41) is 2.53. The molecule has 5 nitrogen and oxygen atoms in total. The third-order valence-corrected chi connectivity index (χ3v) is 4.83. The molecular weight excluding hydrogens is 359 g/mol. The van der Waals surface area contributed by atoms with E-state index < -0.39 is 17.8 Å². The van der Waals surface area contributed by atoms with Crippen molar-refractivity contribution >= 4 is 11.8 Å². The minimum absolute atomic E-state index is 0.0186. The molecule has 2 aromatic rings. The first-order chi connectivity index (χ1) is 13.2. The van der Waals surface area contributed by atoms with Crippen LogP contribution in [0.1, 0.15) is 29.2 Å². The third kappa shape index (κ3) is 5.09. The largest absolute Gasteiger partial charge is 0.483 e. The molecule has 2 amide bonds. The highest BCUT2D eigenvalue weighted by molar-refractivity contribution is 5.87. The Bertz CT molecular complexity index is 867. The van der Waals surface area contributed by atoms with E-state index in [-0.39, 0.29) is 19.1 Å². The molecule has 0 heterocycles. The van der Waals surface area contributed by atoms with E-state index in [0.29, 0.717) is 11.3 Å². The summed E-state index contributed by atoms with van der Waals surface area (Å²) in [6.07, 6.45) is 0. The molecule has 0 saturated heterocycles. The van der Waals surface area contributed by atoms with Gasteiger partial charge in [0.1, 0.15) is 17.6 Å². The van der Waals surface area contributed by atoms with E-state index in [4.69, 9.17) is 4.74 Å². The first-order valence-electron chi connectivity index (χ1n) is 9.19. The van der Waals surface area contributed by atoms with Crippen LogP contribution in [-0.2, 0) is 16.1 Å². The number of nitrogens with one attached hydrogen (secondary N) is 1. The van der Waals surface area contributed by atoms with Crippen LogP contribution < -0.4 is 10.1 Å². The van der Waals surface area contributed by atoms with Crippen molar-refractivity contribution in [3.8, 4) is 5.75 Å². The molecule has 1 unspecified atom stereocenters. The van der Waals surface area contributed by atoms with Crippen LogP contribution in [0, 0.1) is 26.6 Å².